The maximum Gasteiger partial charge on any atom is 0.0577 e. The van der Waals surface area contributed by atoms with Gasteiger partial charge in [-0.15, -0.1) is 0 Å². The van der Waals surface area contributed by atoms with Crippen LogP contribution >= 0.6 is 0 Å². The van der Waals surface area contributed by atoms with Gasteiger partial charge in [0.15, 0.2) is 0 Å². The van der Waals surface area contributed by atoms with Gasteiger partial charge in [0, 0.05) is 6.61 Å². The number of hydrogen-bond donors (Lipinski definition) is 1. The highest BCUT2D eigenvalue weighted by molar-refractivity contribution is 5.39. The molecule has 2 nitrogen and oxygen atoms in total. The van der Waals surface area contributed by atoms with Crippen LogP contribution < -0.4 is 0 Å². The second-order valence-corrected chi connectivity index (χ2v) is 5.70. The van der Waals surface area contributed by atoms with Crippen LogP contribution in [-0.4, -0.2) is 23.9 Å². The number of rotatable bonds is 5. The van der Waals surface area contributed by atoms with Gasteiger partial charge in [-0.1, -0.05) is 24.3 Å². The van der Waals surface area contributed by atoms with Gasteiger partial charge in [0.05, 0.1) is 12.2 Å². The Kier molecular flexibility index (Phi) is 3.67. The second-order valence-electron chi connectivity index (χ2n) is 5.70. The fourth-order valence-electron chi connectivity index (χ4n) is 3.27. The molecular weight excluding hydrogens is 224 g/mol. The molecule has 0 aromatic heterocycles. The first-order chi connectivity index (χ1) is 8.83. The molecule has 1 fully saturated rings. The maximum atomic E-state index is 10.1. The lowest BCUT2D eigenvalue weighted by molar-refractivity contribution is 0.0760. The maximum absolute atomic E-state index is 10.1. The van der Waals surface area contributed by atoms with E-state index in [2.05, 4.69) is 24.3 Å². The summed E-state index contributed by atoms with van der Waals surface area (Å²) in [5.74, 6) is 0.584. The molecule has 1 N–H and O–H groups in total. The molecule has 1 aromatic carbocycles. The molecule has 1 aliphatic carbocycles. The van der Waals surface area contributed by atoms with Crippen molar-refractivity contribution >= 4 is 0 Å². The highest BCUT2D eigenvalue weighted by Gasteiger charge is 2.27. The second kappa shape index (κ2) is 5.41. The van der Waals surface area contributed by atoms with E-state index in [0.717, 1.165) is 32.3 Å². The third kappa shape index (κ3) is 2.60. The first-order valence-corrected chi connectivity index (χ1v) is 7.20. The molecule has 1 heterocycles. The van der Waals surface area contributed by atoms with Crippen molar-refractivity contribution in [2.45, 2.75) is 56.7 Å². The molecule has 2 aliphatic rings. The smallest absolute Gasteiger partial charge is 0.0577 e. The first kappa shape index (κ1) is 12.2. The quantitative estimate of drug-likeness (QED) is 0.865. The van der Waals surface area contributed by atoms with Gasteiger partial charge in [0.25, 0.3) is 0 Å². The normalized spacial score (nSPS) is 27.6. The predicted molar refractivity (Wildman–Crippen MR) is 71.7 cm³/mol. The van der Waals surface area contributed by atoms with Crippen LogP contribution in [0.5, 0.6) is 0 Å². The molecule has 0 spiro atoms. The van der Waals surface area contributed by atoms with E-state index < -0.39 is 0 Å². The lowest BCUT2D eigenvalue weighted by Crippen LogP contribution is -2.23. The lowest BCUT2D eigenvalue weighted by atomic mass is 9.74. The molecule has 1 aliphatic heterocycles. The Labute approximate surface area is 109 Å². The van der Waals surface area contributed by atoms with E-state index in [1.165, 1.54) is 24.0 Å². The molecule has 3 unspecified atom stereocenters. The summed E-state index contributed by atoms with van der Waals surface area (Å²) >= 11 is 0. The zero-order valence-corrected chi connectivity index (χ0v) is 10.8. The number of fused-ring (bicyclic) bond motifs is 1. The van der Waals surface area contributed by atoms with Crippen LogP contribution in [0.25, 0.3) is 0 Å². The minimum Gasteiger partial charge on any atom is -0.393 e. The molecule has 2 heteroatoms. The number of aliphatic hydroxyl groups excluding tert-OH is 1. The van der Waals surface area contributed by atoms with E-state index in [1.54, 1.807) is 0 Å². The highest BCUT2D eigenvalue weighted by Crippen LogP contribution is 2.38. The summed E-state index contributed by atoms with van der Waals surface area (Å²) in [4.78, 5) is 0. The number of aliphatic hydroxyl groups is 1. The topological polar surface area (TPSA) is 29.5 Å². The molecule has 3 rings (SSSR count). The van der Waals surface area contributed by atoms with Gasteiger partial charge in [-0.05, 0) is 55.6 Å². The Bertz CT molecular complexity index is 396. The van der Waals surface area contributed by atoms with Crippen molar-refractivity contribution in [3.63, 3.8) is 0 Å². The van der Waals surface area contributed by atoms with E-state index in [4.69, 9.17) is 4.74 Å². The zero-order valence-electron chi connectivity index (χ0n) is 10.8. The molecule has 18 heavy (non-hydrogen) atoms. The van der Waals surface area contributed by atoms with Crippen LogP contribution in [0.1, 0.15) is 49.1 Å². The largest absolute Gasteiger partial charge is 0.393 e. The van der Waals surface area contributed by atoms with Crippen molar-refractivity contribution in [1.82, 2.24) is 0 Å². The standard InChI is InChI=1S/C16H22O2/c17-14(7-8-15-5-3-9-18-15)11-13-10-12-4-1-2-6-16(12)13/h1-2,4,6,13-15,17H,3,5,7-11H2. The molecule has 0 saturated carbocycles. The fraction of sp³-hybridized carbons (Fsp3) is 0.625. The van der Waals surface area contributed by atoms with Crippen LogP contribution in [0, 0.1) is 0 Å². The van der Waals surface area contributed by atoms with E-state index in [-0.39, 0.29) is 6.10 Å². The van der Waals surface area contributed by atoms with Crippen molar-refractivity contribution in [2.75, 3.05) is 6.61 Å². The molecule has 1 saturated heterocycles. The van der Waals surface area contributed by atoms with Crippen LogP contribution in [-0.2, 0) is 11.2 Å². The Morgan fingerprint density at radius 1 is 1.33 bits per heavy atom. The van der Waals surface area contributed by atoms with Gasteiger partial charge < -0.3 is 9.84 Å². The summed E-state index contributed by atoms with van der Waals surface area (Å²) in [6.07, 6.45) is 6.60. The lowest BCUT2D eigenvalue weighted by Gasteiger charge is -2.31. The third-order valence-electron chi connectivity index (χ3n) is 4.36. The summed E-state index contributed by atoms with van der Waals surface area (Å²) < 4.78 is 5.59. The van der Waals surface area contributed by atoms with Crippen LogP contribution in [0.3, 0.4) is 0 Å². The minimum atomic E-state index is -0.160. The van der Waals surface area contributed by atoms with Gasteiger partial charge in [-0.25, -0.2) is 0 Å². The Hall–Kier alpha value is -0.860. The van der Waals surface area contributed by atoms with E-state index >= 15 is 0 Å². The molecule has 1 aromatic rings. The van der Waals surface area contributed by atoms with Crippen molar-refractivity contribution in [3.05, 3.63) is 35.4 Å². The van der Waals surface area contributed by atoms with Crippen molar-refractivity contribution in [2.24, 2.45) is 0 Å². The SMILES string of the molecule is OC(CCC1CCCO1)CC1Cc2ccccc21. The van der Waals surface area contributed by atoms with Crippen LogP contribution in [0.15, 0.2) is 24.3 Å². The number of ether oxygens (including phenoxy) is 1. The van der Waals surface area contributed by atoms with Gasteiger partial charge in [-0.3, -0.25) is 0 Å². The third-order valence-corrected chi connectivity index (χ3v) is 4.36. The van der Waals surface area contributed by atoms with E-state index in [0.29, 0.717) is 12.0 Å². The van der Waals surface area contributed by atoms with Crippen LogP contribution in [0.2, 0.25) is 0 Å². The highest BCUT2D eigenvalue weighted by atomic mass is 16.5. The predicted octanol–water partition coefficient (Wildman–Crippen LogP) is 3.04. The van der Waals surface area contributed by atoms with Crippen molar-refractivity contribution in [3.8, 4) is 0 Å². The van der Waals surface area contributed by atoms with Crippen molar-refractivity contribution < 1.29 is 9.84 Å². The molecule has 0 radical (unpaired) electrons. The first-order valence-electron chi connectivity index (χ1n) is 7.20. The summed E-state index contributed by atoms with van der Waals surface area (Å²) in [5, 5.41) is 10.1. The van der Waals surface area contributed by atoms with E-state index in [9.17, 15) is 5.11 Å². The molecular formula is C16H22O2. The summed E-state index contributed by atoms with van der Waals surface area (Å²) in [6.45, 7) is 0.913. The molecule has 3 atom stereocenters. The Morgan fingerprint density at radius 2 is 2.22 bits per heavy atom. The number of hydrogen-bond acceptors (Lipinski definition) is 2. The van der Waals surface area contributed by atoms with Gasteiger partial charge >= 0.3 is 0 Å². The van der Waals surface area contributed by atoms with Crippen LogP contribution in [0.4, 0.5) is 0 Å². The Morgan fingerprint density at radius 3 is 3.00 bits per heavy atom. The van der Waals surface area contributed by atoms with Gasteiger partial charge in [-0.2, -0.15) is 0 Å². The monoisotopic (exact) mass is 246 g/mol. The molecule has 98 valence electrons. The van der Waals surface area contributed by atoms with E-state index in [1.807, 2.05) is 0 Å². The minimum absolute atomic E-state index is 0.160. The van der Waals surface area contributed by atoms with Gasteiger partial charge in [0.2, 0.25) is 0 Å². The number of benzene rings is 1. The van der Waals surface area contributed by atoms with Crippen molar-refractivity contribution in [1.29, 1.82) is 0 Å². The average molecular weight is 246 g/mol. The Balaban J connectivity index is 1.43. The zero-order chi connectivity index (χ0) is 12.4. The molecule has 0 bridgehead atoms. The summed E-state index contributed by atoms with van der Waals surface area (Å²) in [5.41, 5.74) is 2.92. The summed E-state index contributed by atoms with van der Waals surface area (Å²) in [6, 6.07) is 8.60. The molecule has 0 amide bonds. The fourth-order valence-corrected chi connectivity index (χ4v) is 3.27. The average Bonchev–Trinajstić information content (AvgIpc) is 2.87. The van der Waals surface area contributed by atoms with Gasteiger partial charge in [0.1, 0.15) is 0 Å². The summed E-state index contributed by atoms with van der Waals surface area (Å²) in [7, 11) is 0.